The molecule has 1 aliphatic rings. The van der Waals surface area contributed by atoms with Gasteiger partial charge in [0.25, 0.3) is 0 Å². The van der Waals surface area contributed by atoms with E-state index in [1.165, 1.54) is 12.1 Å². The van der Waals surface area contributed by atoms with Crippen LogP contribution in [0.25, 0.3) is 0 Å². The van der Waals surface area contributed by atoms with Crippen molar-refractivity contribution in [3.63, 3.8) is 0 Å². The van der Waals surface area contributed by atoms with Crippen LogP contribution in [-0.4, -0.2) is 37.4 Å². The van der Waals surface area contributed by atoms with E-state index in [1.54, 1.807) is 24.3 Å². The summed E-state index contributed by atoms with van der Waals surface area (Å²) in [6.07, 6.45) is -4.74. The minimum Gasteiger partial charge on any atom is -0.406 e. The summed E-state index contributed by atoms with van der Waals surface area (Å²) in [6.45, 7) is 3.01. The van der Waals surface area contributed by atoms with Gasteiger partial charge in [-0.2, -0.15) is 0 Å². The maximum Gasteiger partial charge on any atom is 0.573 e. The van der Waals surface area contributed by atoms with E-state index in [0.29, 0.717) is 20.6 Å². The van der Waals surface area contributed by atoms with Crippen LogP contribution in [0.15, 0.2) is 36.4 Å². The maximum absolute atomic E-state index is 12.4. The first-order valence-corrected chi connectivity index (χ1v) is 9.33. The highest BCUT2D eigenvalue weighted by Crippen LogP contribution is 2.41. The van der Waals surface area contributed by atoms with Crippen LogP contribution in [-0.2, 0) is 0 Å². The Bertz CT molecular complexity index is 799. The zero-order chi connectivity index (χ0) is 19.6. The molecule has 0 spiro atoms. The quantitative estimate of drug-likeness (QED) is 0.481. The Morgan fingerprint density at radius 3 is 2.00 bits per heavy atom. The summed E-state index contributed by atoms with van der Waals surface area (Å²) in [5, 5.41) is 4.42. The van der Waals surface area contributed by atoms with Crippen LogP contribution in [0.1, 0.15) is 17.2 Å². The first-order valence-electron chi connectivity index (χ1n) is 8.20. The van der Waals surface area contributed by atoms with Gasteiger partial charge in [-0.1, -0.05) is 46.9 Å². The number of piperazine rings is 1. The van der Waals surface area contributed by atoms with E-state index in [1.807, 2.05) is 0 Å². The molecule has 2 aromatic rings. The van der Waals surface area contributed by atoms with Crippen molar-refractivity contribution in [1.29, 1.82) is 0 Å². The molecule has 2 aromatic carbocycles. The highest BCUT2D eigenvalue weighted by molar-refractivity contribution is 6.44. The van der Waals surface area contributed by atoms with Crippen LogP contribution in [0.5, 0.6) is 5.75 Å². The van der Waals surface area contributed by atoms with Crippen LogP contribution in [0, 0.1) is 0 Å². The Morgan fingerprint density at radius 2 is 1.45 bits per heavy atom. The Kier molecular flexibility index (Phi) is 10.2. The molecule has 3 rings (SSSR count). The van der Waals surface area contributed by atoms with E-state index in [4.69, 9.17) is 34.8 Å². The van der Waals surface area contributed by atoms with Gasteiger partial charge < -0.3 is 10.1 Å². The fraction of sp³-hybridized carbons (Fsp3) is 0.333. The summed E-state index contributed by atoms with van der Waals surface area (Å²) in [5.41, 5.74) is 1.38. The monoisotopic (exact) mass is 510 g/mol. The molecule has 11 heteroatoms. The van der Waals surface area contributed by atoms with Gasteiger partial charge in [-0.25, -0.2) is 0 Å². The van der Waals surface area contributed by atoms with Gasteiger partial charge in [-0.3, -0.25) is 4.90 Å². The summed E-state index contributed by atoms with van der Waals surface area (Å²) >= 11 is 19.1. The smallest absolute Gasteiger partial charge is 0.406 e. The molecular formula is C18H18Cl5F3N2O. The first-order chi connectivity index (χ1) is 12.8. The topological polar surface area (TPSA) is 24.5 Å². The van der Waals surface area contributed by atoms with Crippen LogP contribution < -0.4 is 10.1 Å². The minimum absolute atomic E-state index is 0. The number of nitrogens with zero attached hydrogens (tertiary/aromatic N) is 1. The van der Waals surface area contributed by atoms with Crippen molar-refractivity contribution < 1.29 is 17.9 Å². The summed E-state index contributed by atoms with van der Waals surface area (Å²) in [5.74, 6) is -0.284. The van der Waals surface area contributed by atoms with E-state index in [-0.39, 0.29) is 36.6 Å². The Morgan fingerprint density at radius 1 is 0.897 bits per heavy atom. The predicted molar refractivity (Wildman–Crippen MR) is 115 cm³/mol. The molecule has 1 N–H and O–H groups in total. The van der Waals surface area contributed by atoms with Crippen molar-refractivity contribution in [1.82, 2.24) is 10.2 Å². The molecule has 1 atom stereocenters. The molecule has 29 heavy (non-hydrogen) atoms. The summed E-state index contributed by atoms with van der Waals surface area (Å²) < 4.78 is 41.2. The average Bonchev–Trinajstić information content (AvgIpc) is 2.62. The van der Waals surface area contributed by atoms with Crippen LogP contribution in [0.3, 0.4) is 0 Å². The zero-order valence-corrected chi connectivity index (χ0v) is 18.7. The first kappa shape index (κ1) is 26.4. The molecule has 1 saturated heterocycles. The third kappa shape index (κ3) is 6.69. The van der Waals surface area contributed by atoms with Gasteiger partial charge >= 0.3 is 6.36 Å². The number of ether oxygens (including phenoxy) is 1. The molecule has 0 unspecified atom stereocenters. The Balaban J connectivity index is 0.00000210. The summed E-state index contributed by atoms with van der Waals surface area (Å²) in [4.78, 5) is 2.17. The number of alkyl halides is 3. The largest absolute Gasteiger partial charge is 0.573 e. The molecule has 0 bridgehead atoms. The van der Waals surface area contributed by atoms with Crippen molar-refractivity contribution in [3.8, 4) is 5.75 Å². The van der Waals surface area contributed by atoms with E-state index < -0.39 is 6.36 Å². The molecule has 0 aliphatic carbocycles. The number of rotatable bonds is 4. The van der Waals surface area contributed by atoms with Crippen molar-refractivity contribution in [3.05, 3.63) is 62.6 Å². The third-order valence-electron chi connectivity index (χ3n) is 4.30. The second kappa shape index (κ2) is 11.1. The average molecular weight is 513 g/mol. The maximum atomic E-state index is 12.4. The Hall–Kier alpha value is -0.600. The number of hydrogen-bond acceptors (Lipinski definition) is 3. The van der Waals surface area contributed by atoms with Gasteiger partial charge in [0.2, 0.25) is 0 Å². The molecule has 162 valence electrons. The van der Waals surface area contributed by atoms with E-state index in [0.717, 1.165) is 31.7 Å². The third-order valence-corrected chi connectivity index (χ3v) is 5.45. The van der Waals surface area contributed by atoms with Gasteiger partial charge in [0.1, 0.15) is 5.75 Å². The predicted octanol–water partition coefficient (Wildman–Crippen LogP) is 6.38. The molecule has 0 radical (unpaired) electrons. The molecule has 1 heterocycles. The molecule has 0 aromatic heterocycles. The van der Waals surface area contributed by atoms with E-state index in [9.17, 15) is 13.2 Å². The molecule has 0 amide bonds. The lowest BCUT2D eigenvalue weighted by atomic mass is 9.96. The second-order valence-electron chi connectivity index (χ2n) is 6.06. The summed E-state index contributed by atoms with van der Waals surface area (Å²) in [6, 6.07) is 8.68. The lowest BCUT2D eigenvalue weighted by Crippen LogP contribution is -2.45. The van der Waals surface area contributed by atoms with Gasteiger partial charge in [0.15, 0.2) is 0 Å². The van der Waals surface area contributed by atoms with Crippen molar-refractivity contribution in [2.24, 2.45) is 0 Å². The molecular weight excluding hydrogens is 494 g/mol. The van der Waals surface area contributed by atoms with E-state index in [2.05, 4.69) is 15.0 Å². The van der Waals surface area contributed by atoms with Crippen molar-refractivity contribution >= 4 is 59.6 Å². The minimum atomic E-state index is -4.74. The number of halogens is 8. The van der Waals surface area contributed by atoms with Gasteiger partial charge in [0, 0.05) is 36.8 Å². The van der Waals surface area contributed by atoms with Crippen LogP contribution >= 0.6 is 59.6 Å². The highest BCUT2D eigenvalue weighted by Gasteiger charge is 2.32. The lowest BCUT2D eigenvalue weighted by Gasteiger charge is -2.36. The van der Waals surface area contributed by atoms with Crippen molar-refractivity contribution in [2.45, 2.75) is 12.4 Å². The SMILES string of the molecule is Cl.Cl.FC(F)(F)Oc1ccc([C@H](c2c(Cl)ccc(Cl)c2Cl)N2CCNCC2)cc1. The summed E-state index contributed by atoms with van der Waals surface area (Å²) in [7, 11) is 0. The molecule has 3 nitrogen and oxygen atoms in total. The fourth-order valence-corrected chi connectivity index (χ4v) is 3.89. The van der Waals surface area contributed by atoms with Crippen LogP contribution in [0.4, 0.5) is 13.2 Å². The fourth-order valence-electron chi connectivity index (χ4n) is 3.15. The van der Waals surface area contributed by atoms with Gasteiger partial charge in [-0.05, 0) is 29.8 Å². The molecule has 1 fully saturated rings. The zero-order valence-electron chi connectivity index (χ0n) is 14.8. The second-order valence-corrected chi connectivity index (χ2v) is 7.25. The molecule has 1 aliphatic heterocycles. The normalized spacial score (nSPS) is 15.8. The standard InChI is InChI=1S/C18H16Cl3F3N2O.2ClH/c19-13-5-6-14(20)16(21)15(13)17(26-9-7-25-8-10-26)11-1-3-12(4-2-11)27-18(22,23)24;;/h1-6,17,25H,7-10H2;2*1H/t17-;;/m1../s1. The number of benzene rings is 2. The van der Waals surface area contributed by atoms with E-state index >= 15 is 0 Å². The lowest BCUT2D eigenvalue weighted by molar-refractivity contribution is -0.274. The van der Waals surface area contributed by atoms with Gasteiger partial charge in [0.05, 0.1) is 16.1 Å². The van der Waals surface area contributed by atoms with Gasteiger partial charge in [-0.15, -0.1) is 38.0 Å². The van der Waals surface area contributed by atoms with Crippen molar-refractivity contribution in [2.75, 3.05) is 26.2 Å². The number of nitrogens with one attached hydrogen (secondary N) is 1. The Labute approximate surface area is 194 Å². The number of hydrogen-bond donors (Lipinski definition) is 1. The molecule has 0 saturated carbocycles. The highest BCUT2D eigenvalue weighted by atomic mass is 35.5. The van der Waals surface area contributed by atoms with Crippen LogP contribution in [0.2, 0.25) is 15.1 Å².